The fourth-order valence-corrected chi connectivity index (χ4v) is 3.05. The first-order chi connectivity index (χ1) is 12.1. The first kappa shape index (κ1) is 19.4. The first-order valence-electron chi connectivity index (χ1n) is 7.56. The molecule has 0 aliphatic carbocycles. The maximum Gasteiger partial charge on any atom is 0.245 e. The van der Waals surface area contributed by atoms with Gasteiger partial charge in [-0.1, -0.05) is 6.07 Å². The number of nitrogens with zero attached hydrogens (tertiary/aromatic N) is 1. The molecule has 2 amide bonds. The summed E-state index contributed by atoms with van der Waals surface area (Å²) in [6.45, 7) is 0.858. The number of benzene rings is 2. The molecule has 138 valence electrons. The van der Waals surface area contributed by atoms with E-state index in [0.717, 1.165) is 10.6 Å². The van der Waals surface area contributed by atoms with Crippen LogP contribution in [0, 0.1) is 5.82 Å². The minimum atomic E-state index is -3.76. The Labute approximate surface area is 150 Å². The Morgan fingerprint density at radius 1 is 1.04 bits per heavy atom. The van der Waals surface area contributed by atoms with Crippen molar-refractivity contribution in [3.8, 4) is 0 Å². The fourth-order valence-electron chi connectivity index (χ4n) is 2.21. The minimum absolute atomic E-state index is 0.230. The van der Waals surface area contributed by atoms with Crippen molar-refractivity contribution in [2.75, 3.05) is 27.7 Å². The normalized spacial score (nSPS) is 10.9. The molecule has 0 unspecified atom stereocenters. The highest BCUT2D eigenvalue weighted by Crippen LogP contribution is 2.22. The van der Waals surface area contributed by atoms with Crippen molar-refractivity contribution < 1.29 is 22.4 Å². The van der Waals surface area contributed by atoms with Crippen molar-refractivity contribution in [1.29, 1.82) is 0 Å². The number of nitrogens with one attached hydrogen (secondary N) is 2. The number of carbonyl (C=O) groups excluding carboxylic acids is 2. The van der Waals surface area contributed by atoms with E-state index >= 15 is 0 Å². The quantitative estimate of drug-likeness (QED) is 0.804. The summed E-state index contributed by atoms with van der Waals surface area (Å²) in [4.78, 5) is 23.4. The topological polar surface area (TPSA) is 95.6 Å². The number of hydrogen-bond acceptors (Lipinski definition) is 4. The van der Waals surface area contributed by atoms with Crippen molar-refractivity contribution in [3.05, 3.63) is 54.3 Å². The second-order valence-corrected chi connectivity index (χ2v) is 7.46. The maximum atomic E-state index is 12.9. The van der Waals surface area contributed by atoms with Gasteiger partial charge in [-0.2, -0.15) is 0 Å². The van der Waals surface area contributed by atoms with Crippen molar-refractivity contribution in [2.45, 2.75) is 6.92 Å². The standard InChI is InChI=1S/C17H18FN3O4S/c1-12(22)19-15-4-3-5-16(10-15)21(26(2,24)25)11-17(23)20-14-8-6-13(18)7-9-14/h3-10H,11H2,1-2H3,(H,19,22)(H,20,23). The Morgan fingerprint density at radius 3 is 2.27 bits per heavy atom. The lowest BCUT2D eigenvalue weighted by Crippen LogP contribution is -2.37. The molecular formula is C17H18FN3O4S. The van der Waals surface area contributed by atoms with E-state index in [9.17, 15) is 22.4 Å². The molecule has 0 aromatic heterocycles. The van der Waals surface area contributed by atoms with E-state index in [1.807, 2.05) is 0 Å². The second kappa shape index (κ2) is 7.96. The summed E-state index contributed by atoms with van der Waals surface area (Å²) < 4.78 is 38.0. The zero-order valence-electron chi connectivity index (χ0n) is 14.2. The molecule has 7 nitrogen and oxygen atoms in total. The van der Waals surface area contributed by atoms with Crippen molar-refractivity contribution >= 4 is 38.9 Å². The monoisotopic (exact) mass is 379 g/mol. The van der Waals surface area contributed by atoms with E-state index in [1.54, 1.807) is 12.1 Å². The van der Waals surface area contributed by atoms with Crippen LogP contribution < -0.4 is 14.9 Å². The summed E-state index contributed by atoms with van der Waals surface area (Å²) >= 11 is 0. The third-order valence-corrected chi connectivity index (χ3v) is 4.41. The number of carbonyl (C=O) groups is 2. The molecule has 0 radical (unpaired) electrons. The van der Waals surface area contributed by atoms with Crippen LogP contribution in [0.5, 0.6) is 0 Å². The Bertz CT molecular complexity index is 914. The summed E-state index contributed by atoms with van der Waals surface area (Å²) in [7, 11) is -3.76. The van der Waals surface area contributed by atoms with Gasteiger partial charge in [0.15, 0.2) is 0 Å². The number of halogens is 1. The molecule has 0 aliphatic rings. The summed E-state index contributed by atoms with van der Waals surface area (Å²) in [6.07, 6.45) is 0.975. The second-order valence-electron chi connectivity index (χ2n) is 5.56. The molecule has 2 aromatic rings. The molecule has 9 heteroatoms. The predicted molar refractivity (Wildman–Crippen MR) is 98.0 cm³/mol. The Balaban J connectivity index is 2.21. The van der Waals surface area contributed by atoms with E-state index < -0.39 is 28.3 Å². The number of hydrogen-bond donors (Lipinski definition) is 2. The van der Waals surface area contributed by atoms with Crippen LogP contribution in [-0.4, -0.2) is 33.0 Å². The van der Waals surface area contributed by atoms with Gasteiger partial charge in [0.2, 0.25) is 21.8 Å². The number of rotatable bonds is 6. The smallest absolute Gasteiger partial charge is 0.245 e. The molecule has 26 heavy (non-hydrogen) atoms. The fraction of sp³-hybridized carbons (Fsp3) is 0.176. The molecule has 0 heterocycles. The summed E-state index contributed by atoms with van der Waals surface area (Å²) in [5, 5.41) is 5.06. The molecule has 0 spiro atoms. The summed E-state index contributed by atoms with van der Waals surface area (Å²) in [6, 6.07) is 11.2. The van der Waals surface area contributed by atoms with Gasteiger partial charge < -0.3 is 10.6 Å². The molecular weight excluding hydrogens is 361 g/mol. The van der Waals surface area contributed by atoms with Crippen LogP contribution in [0.2, 0.25) is 0 Å². The van der Waals surface area contributed by atoms with Gasteiger partial charge >= 0.3 is 0 Å². The summed E-state index contributed by atoms with van der Waals surface area (Å²) in [5.41, 5.74) is 0.979. The lowest BCUT2D eigenvalue weighted by Gasteiger charge is -2.22. The van der Waals surface area contributed by atoms with Gasteiger partial charge in [-0.15, -0.1) is 0 Å². The molecule has 0 atom stereocenters. The largest absolute Gasteiger partial charge is 0.326 e. The van der Waals surface area contributed by atoms with E-state index in [4.69, 9.17) is 0 Å². The van der Waals surface area contributed by atoms with Crippen molar-refractivity contribution in [2.24, 2.45) is 0 Å². The Hall–Kier alpha value is -2.94. The van der Waals surface area contributed by atoms with Crippen molar-refractivity contribution in [1.82, 2.24) is 0 Å². The highest BCUT2D eigenvalue weighted by atomic mass is 32.2. The minimum Gasteiger partial charge on any atom is -0.326 e. The first-order valence-corrected chi connectivity index (χ1v) is 9.41. The molecule has 0 aliphatic heterocycles. The Morgan fingerprint density at radius 2 is 1.69 bits per heavy atom. The molecule has 2 rings (SSSR count). The van der Waals surface area contributed by atoms with Gasteiger partial charge in [-0.05, 0) is 42.5 Å². The number of anilines is 3. The molecule has 0 bridgehead atoms. The van der Waals surface area contributed by atoms with E-state index in [1.165, 1.54) is 43.3 Å². The van der Waals surface area contributed by atoms with Crippen molar-refractivity contribution in [3.63, 3.8) is 0 Å². The van der Waals surface area contributed by atoms with Gasteiger partial charge in [-0.3, -0.25) is 13.9 Å². The zero-order valence-corrected chi connectivity index (χ0v) is 15.0. The molecule has 2 aromatic carbocycles. The van der Waals surface area contributed by atoms with Crippen LogP contribution in [0.25, 0.3) is 0 Å². The SMILES string of the molecule is CC(=O)Nc1cccc(N(CC(=O)Nc2ccc(F)cc2)S(C)(=O)=O)c1. The lowest BCUT2D eigenvalue weighted by molar-refractivity contribution is -0.115. The van der Waals surface area contributed by atoms with Crippen LogP contribution in [0.4, 0.5) is 21.5 Å². The van der Waals surface area contributed by atoms with Gasteiger partial charge in [0.05, 0.1) is 11.9 Å². The summed E-state index contributed by atoms with van der Waals surface area (Å²) in [5.74, 6) is -1.34. The highest BCUT2D eigenvalue weighted by molar-refractivity contribution is 7.92. The molecule has 2 N–H and O–H groups in total. The molecule has 0 saturated carbocycles. The maximum absolute atomic E-state index is 12.9. The van der Waals surface area contributed by atoms with Crippen LogP contribution in [0.3, 0.4) is 0 Å². The third-order valence-electron chi connectivity index (χ3n) is 3.27. The Kier molecular flexibility index (Phi) is 5.93. The molecule has 0 fully saturated rings. The van der Waals surface area contributed by atoms with Gasteiger partial charge in [-0.25, -0.2) is 12.8 Å². The van der Waals surface area contributed by atoms with Gasteiger partial charge in [0.1, 0.15) is 12.4 Å². The van der Waals surface area contributed by atoms with Gasteiger partial charge in [0.25, 0.3) is 0 Å². The average molecular weight is 379 g/mol. The highest BCUT2D eigenvalue weighted by Gasteiger charge is 2.21. The lowest BCUT2D eigenvalue weighted by atomic mass is 10.2. The van der Waals surface area contributed by atoms with Crippen LogP contribution in [0.15, 0.2) is 48.5 Å². The van der Waals surface area contributed by atoms with E-state index in [2.05, 4.69) is 10.6 Å². The predicted octanol–water partition coefficient (Wildman–Crippen LogP) is 2.19. The average Bonchev–Trinajstić information content (AvgIpc) is 2.53. The van der Waals surface area contributed by atoms with Gasteiger partial charge in [0, 0.05) is 18.3 Å². The third kappa shape index (κ3) is 5.55. The van der Waals surface area contributed by atoms with Crippen LogP contribution >= 0.6 is 0 Å². The van der Waals surface area contributed by atoms with Crippen LogP contribution in [-0.2, 0) is 19.6 Å². The number of amides is 2. The molecule has 0 saturated heterocycles. The number of sulfonamides is 1. The zero-order chi connectivity index (χ0) is 19.3. The van der Waals surface area contributed by atoms with Crippen LogP contribution in [0.1, 0.15) is 6.92 Å². The van der Waals surface area contributed by atoms with E-state index in [0.29, 0.717) is 11.4 Å². The van der Waals surface area contributed by atoms with E-state index in [-0.39, 0.29) is 11.6 Å².